The zero-order valence-corrected chi connectivity index (χ0v) is 11.6. The first-order valence-corrected chi connectivity index (χ1v) is 7.05. The van der Waals surface area contributed by atoms with Crippen molar-refractivity contribution in [1.82, 2.24) is 20.1 Å². The van der Waals surface area contributed by atoms with E-state index in [0.717, 1.165) is 24.2 Å². The van der Waals surface area contributed by atoms with Crippen LogP contribution in [0.3, 0.4) is 0 Å². The molecule has 2 heterocycles. The quantitative estimate of drug-likeness (QED) is 0.944. The second-order valence-corrected chi connectivity index (χ2v) is 5.90. The molecule has 0 aromatic carbocycles. The third kappa shape index (κ3) is 2.85. The second kappa shape index (κ2) is 4.85. The van der Waals surface area contributed by atoms with Crippen molar-refractivity contribution in [2.24, 2.45) is 7.05 Å². The molecule has 1 aliphatic carbocycles. The Morgan fingerprint density at radius 1 is 1.45 bits per heavy atom. The molecule has 1 fully saturated rings. The van der Waals surface area contributed by atoms with Gasteiger partial charge in [0.1, 0.15) is 10.7 Å². The molecule has 0 spiro atoms. The summed E-state index contributed by atoms with van der Waals surface area (Å²) in [5, 5.41) is 7.51. The van der Waals surface area contributed by atoms with Gasteiger partial charge in [-0.3, -0.25) is 4.68 Å². The third-order valence-electron chi connectivity index (χ3n) is 3.03. The van der Waals surface area contributed by atoms with Crippen molar-refractivity contribution >= 4 is 11.3 Å². The monoisotopic (exact) mass is 302 g/mol. The lowest BCUT2D eigenvalue weighted by molar-refractivity contribution is -0.141. The minimum Gasteiger partial charge on any atom is -0.309 e. The van der Waals surface area contributed by atoms with Crippen molar-refractivity contribution in [2.75, 3.05) is 0 Å². The van der Waals surface area contributed by atoms with E-state index in [-0.39, 0.29) is 11.4 Å². The predicted molar refractivity (Wildman–Crippen MR) is 69.2 cm³/mol. The molecule has 8 heteroatoms. The molecule has 0 bridgehead atoms. The van der Waals surface area contributed by atoms with Gasteiger partial charge in [0, 0.05) is 25.8 Å². The van der Waals surface area contributed by atoms with Crippen LogP contribution in [-0.2, 0) is 19.8 Å². The number of thiazole rings is 1. The lowest BCUT2D eigenvalue weighted by Gasteiger charge is -2.06. The van der Waals surface area contributed by atoms with E-state index in [1.165, 1.54) is 0 Å². The summed E-state index contributed by atoms with van der Waals surface area (Å²) in [4.78, 5) is 3.97. The summed E-state index contributed by atoms with van der Waals surface area (Å²) >= 11 is 1.05. The highest BCUT2D eigenvalue weighted by Gasteiger charge is 2.38. The van der Waals surface area contributed by atoms with Gasteiger partial charge in [0.15, 0.2) is 5.69 Å². The minimum atomic E-state index is -4.43. The third-order valence-corrected chi connectivity index (χ3v) is 4.11. The van der Waals surface area contributed by atoms with Crippen LogP contribution in [0, 0.1) is 0 Å². The highest BCUT2D eigenvalue weighted by atomic mass is 32.1. The number of hydrogen-bond acceptors (Lipinski definition) is 4. The lowest BCUT2D eigenvalue weighted by atomic mass is 10.3. The molecule has 1 aliphatic rings. The Kier molecular flexibility index (Phi) is 3.29. The zero-order chi connectivity index (χ0) is 14.3. The van der Waals surface area contributed by atoms with Crippen LogP contribution in [0.15, 0.2) is 12.3 Å². The fourth-order valence-electron chi connectivity index (χ4n) is 1.86. The molecule has 3 rings (SSSR count). The molecule has 0 aliphatic heterocycles. The standard InChI is InChI=1S/C12H13F3N4S/c1-19-5-4-8(18-19)11-17-10(12(13,14)15)9(20-11)6-16-7-2-3-7/h4-5,7,16H,2-3,6H2,1H3. The molecular formula is C12H13F3N4S. The number of aromatic nitrogens is 3. The molecule has 0 atom stereocenters. The number of hydrogen-bond donors (Lipinski definition) is 1. The maximum absolute atomic E-state index is 13.0. The van der Waals surface area contributed by atoms with Crippen LogP contribution >= 0.6 is 11.3 Å². The number of aryl methyl sites for hydroxylation is 1. The molecular weight excluding hydrogens is 289 g/mol. The van der Waals surface area contributed by atoms with Crippen molar-refractivity contribution in [3.8, 4) is 10.7 Å². The molecule has 1 N–H and O–H groups in total. The summed E-state index contributed by atoms with van der Waals surface area (Å²) in [6, 6.07) is 2.02. The summed E-state index contributed by atoms with van der Waals surface area (Å²) < 4.78 is 40.6. The number of nitrogens with one attached hydrogen (secondary N) is 1. The van der Waals surface area contributed by atoms with Crippen LogP contribution < -0.4 is 5.32 Å². The average Bonchev–Trinajstić information content (AvgIpc) is 2.91. The average molecular weight is 302 g/mol. The highest BCUT2D eigenvalue weighted by molar-refractivity contribution is 7.15. The molecule has 0 radical (unpaired) electrons. The van der Waals surface area contributed by atoms with E-state index < -0.39 is 11.9 Å². The second-order valence-electron chi connectivity index (χ2n) is 4.82. The molecule has 4 nitrogen and oxygen atoms in total. The fourth-order valence-corrected chi connectivity index (χ4v) is 2.85. The molecule has 0 unspecified atom stereocenters. The Balaban J connectivity index is 1.91. The lowest BCUT2D eigenvalue weighted by Crippen LogP contribution is -2.18. The van der Waals surface area contributed by atoms with Crippen LogP contribution in [-0.4, -0.2) is 20.8 Å². The van der Waals surface area contributed by atoms with Gasteiger partial charge in [0.25, 0.3) is 0 Å². The first-order chi connectivity index (χ1) is 9.43. The molecule has 0 saturated heterocycles. The van der Waals surface area contributed by atoms with Crippen molar-refractivity contribution < 1.29 is 13.2 Å². The minimum absolute atomic E-state index is 0.212. The Morgan fingerprint density at radius 3 is 2.75 bits per heavy atom. The Labute approximate surface area is 117 Å². The van der Waals surface area contributed by atoms with E-state index in [1.54, 1.807) is 24.0 Å². The first-order valence-electron chi connectivity index (χ1n) is 6.24. The predicted octanol–water partition coefficient (Wildman–Crippen LogP) is 2.81. The van der Waals surface area contributed by atoms with Crippen molar-refractivity contribution in [3.05, 3.63) is 22.8 Å². The van der Waals surface area contributed by atoms with Gasteiger partial charge < -0.3 is 5.32 Å². The van der Waals surface area contributed by atoms with E-state index in [0.29, 0.717) is 16.7 Å². The fraction of sp³-hybridized carbons (Fsp3) is 0.500. The Bertz CT molecular complexity index is 612. The number of rotatable bonds is 4. The molecule has 0 amide bonds. The SMILES string of the molecule is Cn1ccc(-c2nc(C(F)(F)F)c(CNC3CC3)s2)n1. The molecule has 20 heavy (non-hydrogen) atoms. The van der Waals surface area contributed by atoms with E-state index in [4.69, 9.17) is 0 Å². The van der Waals surface area contributed by atoms with Gasteiger partial charge in [-0.1, -0.05) is 0 Å². The van der Waals surface area contributed by atoms with E-state index in [2.05, 4.69) is 15.4 Å². The van der Waals surface area contributed by atoms with Gasteiger partial charge in [-0.25, -0.2) is 4.98 Å². The normalized spacial score (nSPS) is 15.8. The van der Waals surface area contributed by atoms with Gasteiger partial charge in [-0.15, -0.1) is 11.3 Å². The van der Waals surface area contributed by atoms with E-state index in [1.807, 2.05) is 0 Å². The summed E-state index contributed by atoms with van der Waals surface area (Å²) in [6.45, 7) is 0.212. The van der Waals surface area contributed by atoms with Crippen LogP contribution in [0.5, 0.6) is 0 Å². The first kappa shape index (κ1) is 13.6. The summed E-state index contributed by atoms with van der Waals surface area (Å²) in [5.74, 6) is 0. The van der Waals surface area contributed by atoms with Gasteiger partial charge in [0.2, 0.25) is 0 Å². The number of alkyl halides is 3. The maximum Gasteiger partial charge on any atom is 0.434 e. The van der Waals surface area contributed by atoms with Crippen LogP contribution in [0.25, 0.3) is 10.7 Å². The van der Waals surface area contributed by atoms with Gasteiger partial charge in [-0.2, -0.15) is 18.3 Å². The molecule has 108 valence electrons. The van der Waals surface area contributed by atoms with Crippen molar-refractivity contribution in [3.63, 3.8) is 0 Å². The smallest absolute Gasteiger partial charge is 0.309 e. The summed E-state index contributed by atoms with van der Waals surface area (Å²) in [7, 11) is 1.72. The molecule has 1 saturated carbocycles. The van der Waals surface area contributed by atoms with E-state index in [9.17, 15) is 13.2 Å². The van der Waals surface area contributed by atoms with Gasteiger partial charge >= 0.3 is 6.18 Å². The van der Waals surface area contributed by atoms with Crippen LogP contribution in [0.1, 0.15) is 23.4 Å². The zero-order valence-electron chi connectivity index (χ0n) is 10.7. The topological polar surface area (TPSA) is 42.7 Å². The molecule has 2 aromatic rings. The number of halogens is 3. The number of nitrogens with zero attached hydrogens (tertiary/aromatic N) is 3. The van der Waals surface area contributed by atoms with E-state index >= 15 is 0 Å². The van der Waals surface area contributed by atoms with Gasteiger partial charge in [0.05, 0.1) is 4.88 Å². The van der Waals surface area contributed by atoms with Crippen LogP contribution in [0.4, 0.5) is 13.2 Å². The highest BCUT2D eigenvalue weighted by Crippen LogP contribution is 2.37. The summed E-state index contributed by atoms with van der Waals surface area (Å²) in [6.07, 6.45) is -0.670. The largest absolute Gasteiger partial charge is 0.434 e. The summed E-state index contributed by atoms with van der Waals surface area (Å²) in [5.41, 5.74) is -0.322. The Hall–Kier alpha value is -1.41. The van der Waals surface area contributed by atoms with Crippen molar-refractivity contribution in [2.45, 2.75) is 31.6 Å². The van der Waals surface area contributed by atoms with Crippen molar-refractivity contribution in [1.29, 1.82) is 0 Å². The van der Waals surface area contributed by atoms with Crippen LogP contribution in [0.2, 0.25) is 0 Å². The Morgan fingerprint density at radius 2 is 2.20 bits per heavy atom. The van der Waals surface area contributed by atoms with Gasteiger partial charge in [-0.05, 0) is 18.9 Å². The molecule has 2 aromatic heterocycles. The maximum atomic E-state index is 13.0.